The van der Waals surface area contributed by atoms with Crippen LogP contribution in [0, 0.1) is 5.92 Å². The standard InChI is InChI=1S/C13H17ClN6/c1-19-7-10(6-16-19)4-9-2-3-20(8-9)12-5-11(14)17-13(15)18-12/h5-7,9H,2-4,8H2,1H3,(H2,15,17,18). The topological polar surface area (TPSA) is 72.9 Å². The van der Waals surface area contributed by atoms with Crippen LogP contribution in [-0.2, 0) is 13.5 Å². The average Bonchev–Trinajstić information content (AvgIpc) is 2.98. The first-order valence-electron chi connectivity index (χ1n) is 6.62. The molecule has 20 heavy (non-hydrogen) atoms. The highest BCUT2D eigenvalue weighted by Gasteiger charge is 2.24. The molecule has 0 aliphatic carbocycles. The fraction of sp³-hybridized carbons (Fsp3) is 0.462. The van der Waals surface area contributed by atoms with Gasteiger partial charge in [-0.2, -0.15) is 10.1 Å². The van der Waals surface area contributed by atoms with Gasteiger partial charge in [0, 0.05) is 32.4 Å². The van der Waals surface area contributed by atoms with Gasteiger partial charge >= 0.3 is 0 Å². The number of anilines is 2. The first-order chi connectivity index (χ1) is 9.60. The Morgan fingerprint density at radius 2 is 2.30 bits per heavy atom. The van der Waals surface area contributed by atoms with Crippen molar-refractivity contribution in [2.75, 3.05) is 23.7 Å². The zero-order chi connectivity index (χ0) is 14.1. The maximum absolute atomic E-state index is 5.93. The Balaban J connectivity index is 1.67. The second kappa shape index (κ2) is 5.28. The lowest BCUT2D eigenvalue weighted by molar-refractivity contribution is 0.586. The molecule has 7 heteroatoms. The fourth-order valence-electron chi connectivity index (χ4n) is 2.70. The van der Waals surface area contributed by atoms with E-state index in [4.69, 9.17) is 17.3 Å². The lowest BCUT2D eigenvalue weighted by Crippen LogP contribution is -2.22. The molecule has 0 saturated carbocycles. The molecule has 2 aromatic rings. The number of aromatic nitrogens is 4. The minimum Gasteiger partial charge on any atom is -0.368 e. The van der Waals surface area contributed by atoms with E-state index in [-0.39, 0.29) is 5.95 Å². The molecule has 2 aromatic heterocycles. The molecule has 0 radical (unpaired) electrons. The quantitative estimate of drug-likeness (QED) is 0.868. The third-order valence-corrected chi connectivity index (χ3v) is 3.78. The predicted octanol–water partition coefficient (Wildman–Crippen LogP) is 1.51. The van der Waals surface area contributed by atoms with Crippen molar-refractivity contribution in [1.29, 1.82) is 0 Å². The summed E-state index contributed by atoms with van der Waals surface area (Å²) in [5.41, 5.74) is 6.92. The highest BCUT2D eigenvalue weighted by molar-refractivity contribution is 6.29. The molecule has 1 fully saturated rings. The number of hydrogen-bond acceptors (Lipinski definition) is 5. The average molecular weight is 293 g/mol. The van der Waals surface area contributed by atoms with Crippen LogP contribution >= 0.6 is 11.6 Å². The van der Waals surface area contributed by atoms with Gasteiger partial charge in [0.1, 0.15) is 11.0 Å². The molecule has 0 aromatic carbocycles. The van der Waals surface area contributed by atoms with Gasteiger partial charge in [-0.15, -0.1) is 0 Å². The normalized spacial score (nSPS) is 18.7. The molecule has 1 saturated heterocycles. The predicted molar refractivity (Wildman–Crippen MR) is 78.7 cm³/mol. The van der Waals surface area contributed by atoms with Crippen LogP contribution in [0.4, 0.5) is 11.8 Å². The summed E-state index contributed by atoms with van der Waals surface area (Å²) in [6.07, 6.45) is 6.18. The lowest BCUT2D eigenvalue weighted by Gasteiger charge is -2.17. The summed E-state index contributed by atoms with van der Waals surface area (Å²) >= 11 is 5.93. The molecule has 1 aliphatic heterocycles. The van der Waals surface area contributed by atoms with Crippen molar-refractivity contribution < 1.29 is 0 Å². The maximum Gasteiger partial charge on any atom is 0.223 e. The maximum atomic E-state index is 5.93. The summed E-state index contributed by atoms with van der Waals surface area (Å²) in [4.78, 5) is 10.4. The second-order valence-corrected chi connectivity index (χ2v) is 5.62. The number of aryl methyl sites for hydroxylation is 1. The summed E-state index contributed by atoms with van der Waals surface area (Å²) in [5.74, 6) is 1.65. The summed E-state index contributed by atoms with van der Waals surface area (Å²) in [5, 5.41) is 4.60. The second-order valence-electron chi connectivity index (χ2n) is 5.23. The lowest BCUT2D eigenvalue weighted by atomic mass is 10.0. The highest BCUT2D eigenvalue weighted by Crippen LogP contribution is 2.26. The van der Waals surface area contributed by atoms with Crippen molar-refractivity contribution >= 4 is 23.4 Å². The van der Waals surface area contributed by atoms with Gasteiger partial charge in [0.15, 0.2) is 0 Å². The largest absolute Gasteiger partial charge is 0.368 e. The van der Waals surface area contributed by atoms with E-state index in [0.29, 0.717) is 11.1 Å². The minimum atomic E-state index is 0.225. The molecule has 0 bridgehead atoms. The van der Waals surface area contributed by atoms with Crippen LogP contribution in [-0.4, -0.2) is 32.8 Å². The van der Waals surface area contributed by atoms with E-state index in [1.54, 1.807) is 6.07 Å². The molecule has 2 N–H and O–H groups in total. The van der Waals surface area contributed by atoms with E-state index < -0.39 is 0 Å². The molecule has 3 heterocycles. The van der Waals surface area contributed by atoms with Gasteiger partial charge in [0.25, 0.3) is 0 Å². The van der Waals surface area contributed by atoms with Gasteiger partial charge in [-0.3, -0.25) is 4.68 Å². The van der Waals surface area contributed by atoms with E-state index in [1.165, 1.54) is 5.56 Å². The van der Waals surface area contributed by atoms with Crippen LogP contribution in [0.15, 0.2) is 18.5 Å². The van der Waals surface area contributed by atoms with Crippen LogP contribution in [0.1, 0.15) is 12.0 Å². The van der Waals surface area contributed by atoms with E-state index in [0.717, 1.165) is 31.7 Å². The molecule has 3 rings (SSSR count). The van der Waals surface area contributed by atoms with Crippen LogP contribution in [0.3, 0.4) is 0 Å². The van der Waals surface area contributed by atoms with Crippen molar-refractivity contribution in [2.24, 2.45) is 13.0 Å². The van der Waals surface area contributed by atoms with Gasteiger partial charge < -0.3 is 10.6 Å². The first-order valence-corrected chi connectivity index (χ1v) is 7.00. The number of nitrogens with zero attached hydrogens (tertiary/aromatic N) is 5. The van der Waals surface area contributed by atoms with Gasteiger partial charge in [-0.05, 0) is 24.3 Å². The summed E-state index contributed by atoms with van der Waals surface area (Å²) < 4.78 is 1.84. The van der Waals surface area contributed by atoms with Gasteiger partial charge in [0.05, 0.1) is 6.20 Å². The van der Waals surface area contributed by atoms with Gasteiger partial charge in [-0.25, -0.2) is 4.98 Å². The van der Waals surface area contributed by atoms with Crippen LogP contribution < -0.4 is 10.6 Å². The zero-order valence-electron chi connectivity index (χ0n) is 11.3. The summed E-state index contributed by atoms with van der Waals surface area (Å²) in [7, 11) is 1.94. The van der Waals surface area contributed by atoms with Crippen molar-refractivity contribution in [2.45, 2.75) is 12.8 Å². The van der Waals surface area contributed by atoms with Crippen molar-refractivity contribution in [3.8, 4) is 0 Å². The molecular weight excluding hydrogens is 276 g/mol. The summed E-state index contributed by atoms with van der Waals surface area (Å²) in [6.45, 7) is 1.93. The Morgan fingerprint density at radius 1 is 1.45 bits per heavy atom. The molecule has 0 spiro atoms. The highest BCUT2D eigenvalue weighted by atomic mass is 35.5. The molecule has 6 nitrogen and oxygen atoms in total. The van der Waals surface area contributed by atoms with E-state index >= 15 is 0 Å². The Bertz CT molecular complexity index is 590. The van der Waals surface area contributed by atoms with Gasteiger partial charge in [0.2, 0.25) is 5.95 Å². The molecule has 1 atom stereocenters. The molecular formula is C13H17ClN6. The molecule has 0 amide bonds. The molecule has 1 unspecified atom stereocenters. The third kappa shape index (κ3) is 2.85. The Hall–Kier alpha value is -1.82. The minimum absolute atomic E-state index is 0.225. The Kier molecular flexibility index (Phi) is 3.48. The van der Waals surface area contributed by atoms with Crippen LogP contribution in [0.2, 0.25) is 5.15 Å². The number of rotatable bonds is 3. The van der Waals surface area contributed by atoms with Crippen molar-refractivity contribution in [1.82, 2.24) is 19.7 Å². The molecule has 106 valence electrons. The van der Waals surface area contributed by atoms with Crippen molar-refractivity contribution in [3.63, 3.8) is 0 Å². The molecule has 1 aliphatic rings. The zero-order valence-corrected chi connectivity index (χ0v) is 12.1. The Morgan fingerprint density at radius 3 is 3.00 bits per heavy atom. The number of nitrogens with two attached hydrogens (primary N) is 1. The Labute approximate surface area is 122 Å². The number of hydrogen-bond donors (Lipinski definition) is 1. The van der Waals surface area contributed by atoms with Gasteiger partial charge in [-0.1, -0.05) is 11.6 Å². The van der Waals surface area contributed by atoms with E-state index in [2.05, 4.69) is 26.2 Å². The number of nitrogen functional groups attached to an aromatic ring is 1. The first kappa shape index (κ1) is 13.2. The monoisotopic (exact) mass is 292 g/mol. The smallest absolute Gasteiger partial charge is 0.223 e. The fourth-order valence-corrected chi connectivity index (χ4v) is 2.89. The van der Waals surface area contributed by atoms with Crippen molar-refractivity contribution in [3.05, 3.63) is 29.2 Å². The van der Waals surface area contributed by atoms with Crippen LogP contribution in [0.25, 0.3) is 0 Å². The summed E-state index contributed by atoms with van der Waals surface area (Å²) in [6, 6.07) is 1.77. The van der Waals surface area contributed by atoms with E-state index in [9.17, 15) is 0 Å². The third-order valence-electron chi connectivity index (χ3n) is 3.59. The number of halogens is 1. The van der Waals surface area contributed by atoms with Crippen LogP contribution in [0.5, 0.6) is 0 Å². The SMILES string of the molecule is Cn1cc(CC2CCN(c3cc(Cl)nc(N)n3)C2)cn1. The van der Waals surface area contributed by atoms with E-state index in [1.807, 2.05) is 17.9 Å².